The van der Waals surface area contributed by atoms with Crippen molar-refractivity contribution in [2.75, 3.05) is 25.0 Å². The number of nitrogens with zero attached hydrogens (tertiary/aromatic N) is 3. The molecular weight excluding hydrogens is 467 g/mol. The highest BCUT2D eigenvalue weighted by molar-refractivity contribution is 5.95. The zero-order valence-corrected chi connectivity index (χ0v) is 19.8. The van der Waals surface area contributed by atoms with E-state index in [0.717, 1.165) is 50.4 Å². The average molecular weight is 494 g/mol. The summed E-state index contributed by atoms with van der Waals surface area (Å²) in [5, 5.41) is 4.10. The number of benzene rings is 1. The van der Waals surface area contributed by atoms with Crippen molar-refractivity contribution in [3.63, 3.8) is 0 Å². The first-order valence-corrected chi connectivity index (χ1v) is 12.0. The lowest BCUT2D eigenvalue weighted by Crippen LogP contribution is -2.32. The van der Waals surface area contributed by atoms with Crippen LogP contribution >= 0.6 is 0 Å². The Balaban J connectivity index is 1.48. The van der Waals surface area contributed by atoms with E-state index in [-0.39, 0.29) is 22.6 Å². The van der Waals surface area contributed by atoms with Crippen LogP contribution in [0.5, 0.6) is 0 Å². The third-order valence-electron chi connectivity index (χ3n) is 6.80. The second-order valence-corrected chi connectivity index (χ2v) is 9.04. The van der Waals surface area contributed by atoms with E-state index >= 15 is 0 Å². The van der Waals surface area contributed by atoms with Crippen LogP contribution in [0.2, 0.25) is 0 Å². The van der Waals surface area contributed by atoms with Crippen LogP contribution in [0.1, 0.15) is 36.8 Å². The van der Waals surface area contributed by atoms with Gasteiger partial charge in [0.2, 0.25) is 0 Å². The molecule has 0 saturated carbocycles. The van der Waals surface area contributed by atoms with Crippen LogP contribution in [0.3, 0.4) is 0 Å². The number of H-pyrrole nitrogens is 1. The third kappa shape index (κ3) is 4.97. The van der Waals surface area contributed by atoms with Crippen molar-refractivity contribution in [2.45, 2.75) is 31.9 Å². The molecule has 0 amide bonds. The van der Waals surface area contributed by atoms with Gasteiger partial charge < -0.3 is 15.2 Å². The Morgan fingerprint density at radius 1 is 1.08 bits per heavy atom. The minimum atomic E-state index is -4.52. The van der Waals surface area contributed by atoms with Crippen molar-refractivity contribution in [3.8, 4) is 11.3 Å². The summed E-state index contributed by atoms with van der Waals surface area (Å²) < 4.78 is 39.7. The quantitative estimate of drug-likeness (QED) is 0.360. The van der Waals surface area contributed by atoms with Crippen LogP contribution in [-0.4, -0.2) is 39.5 Å². The lowest BCUT2D eigenvalue weighted by molar-refractivity contribution is -0.137. The van der Waals surface area contributed by atoms with Gasteiger partial charge in [0.05, 0.1) is 16.6 Å². The van der Waals surface area contributed by atoms with Gasteiger partial charge in [-0.2, -0.15) is 13.2 Å². The van der Waals surface area contributed by atoms with Gasteiger partial charge in [0.1, 0.15) is 5.82 Å². The van der Waals surface area contributed by atoms with Crippen molar-refractivity contribution in [3.05, 3.63) is 82.5 Å². The number of nitrogens with one attached hydrogen (secondary N) is 2. The molecule has 0 aliphatic carbocycles. The van der Waals surface area contributed by atoms with Crippen LogP contribution < -0.4 is 10.9 Å². The second kappa shape index (κ2) is 9.73. The molecule has 36 heavy (non-hydrogen) atoms. The average Bonchev–Trinajstić information content (AvgIpc) is 2.89. The number of likely N-dealkylation sites (tertiary alicyclic amines) is 1. The summed E-state index contributed by atoms with van der Waals surface area (Å²) in [6.07, 6.45) is 1.33. The number of piperidine rings is 1. The molecule has 6 nitrogen and oxygen atoms in total. The van der Waals surface area contributed by atoms with E-state index in [2.05, 4.69) is 44.2 Å². The minimum Gasteiger partial charge on any atom is -0.340 e. The topological polar surface area (TPSA) is 73.9 Å². The zero-order chi connectivity index (χ0) is 25.3. The lowest BCUT2D eigenvalue weighted by atomic mass is 9.89. The smallest absolute Gasteiger partial charge is 0.340 e. The van der Waals surface area contributed by atoms with Crippen molar-refractivity contribution in [1.82, 2.24) is 19.9 Å². The van der Waals surface area contributed by atoms with Gasteiger partial charge in [0, 0.05) is 29.8 Å². The number of hydrogen-bond donors (Lipinski definition) is 2. The molecule has 0 bridgehead atoms. The summed E-state index contributed by atoms with van der Waals surface area (Å²) in [6, 6.07) is 12.4. The maximum Gasteiger partial charge on any atom is 0.417 e. The Morgan fingerprint density at radius 2 is 1.83 bits per heavy atom. The Bertz CT molecular complexity index is 1420. The van der Waals surface area contributed by atoms with E-state index in [1.165, 1.54) is 18.0 Å². The van der Waals surface area contributed by atoms with E-state index < -0.39 is 11.7 Å². The summed E-state index contributed by atoms with van der Waals surface area (Å²) in [5.74, 6) is 0.783. The second-order valence-electron chi connectivity index (χ2n) is 9.04. The zero-order valence-electron chi connectivity index (χ0n) is 19.8. The number of alkyl halides is 3. The number of fused-ring (bicyclic) bond motifs is 1. The Labute approximate surface area is 206 Å². The van der Waals surface area contributed by atoms with Crippen LogP contribution in [0.25, 0.3) is 22.0 Å². The Hall–Kier alpha value is -3.72. The van der Waals surface area contributed by atoms with Gasteiger partial charge in [-0.3, -0.25) is 9.78 Å². The number of rotatable bonds is 5. The van der Waals surface area contributed by atoms with E-state index in [1.807, 2.05) is 12.1 Å². The number of aromatic nitrogens is 3. The van der Waals surface area contributed by atoms with Gasteiger partial charge >= 0.3 is 6.18 Å². The van der Waals surface area contributed by atoms with Crippen LogP contribution in [-0.2, 0) is 6.18 Å². The van der Waals surface area contributed by atoms with Gasteiger partial charge in [0.25, 0.3) is 5.56 Å². The van der Waals surface area contributed by atoms with E-state index in [0.29, 0.717) is 16.7 Å². The fourth-order valence-electron chi connectivity index (χ4n) is 4.75. The number of halogens is 3. The first kappa shape index (κ1) is 24.0. The first-order chi connectivity index (χ1) is 17.3. The molecule has 4 heterocycles. The fraction of sp³-hybridized carbons (Fsp3) is 0.296. The molecule has 9 heteroatoms. The van der Waals surface area contributed by atoms with Crippen molar-refractivity contribution in [1.29, 1.82) is 0 Å². The minimum absolute atomic E-state index is 0.212. The van der Waals surface area contributed by atoms with Crippen molar-refractivity contribution >= 4 is 22.3 Å². The number of anilines is 2. The molecule has 0 spiro atoms. The SMILES string of the molecule is CCN1CCC(c2ccc(Nc3nc(-c4cncc(C(F)(F)F)c4)cc4cc[nH]c(=O)c34)cc2)CC1. The summed E-state index contributed by atoms with van der Waals surface area (Å²) >= 11 is 0. The lowest BCUT2D eigenvalue weighted by Gasteiger charge is -2.31. The molecule has 1 aliphatic heterocycles. The Morgan fingerprint density at radius 3 is 2.53 bits per heavy atom. The van der Waals surface area contributed by atoms with E-state index in [9.17, 15) is 18.0 Å². The van der Waals surface area contributed by atoms with Crippen LogP contribution in [0.4, 0.5) is 24.7 Å². The molecule has 0 radical (unpaired) electrons. The first-order valence-electron chi connectivity index (χ1n) is 12.0. The van der Waals surface area contributed by atoms with Gasteiger partial charge in [-0.05, 0) is 79.7 Å². The summed E-state index contributed by atoms with van der Waals surface area (Å²) in [6.45, 7) is 5.45. The highest BCUT2D eigenvalue weighted by Crippen LogP contribution is 2.33. The van der Waals surface area contributed by atoms with Crippen molar-refractivity contribution < 1.29 is 13.2 Å². The van der Waals surface area contributed by atoms with E-state index in [4.69, 9.17) is 0 Å². The number of aromatic amines is 1. The molecule has 1 aromatic carbocycles. The molecular formula is C27H26F3N5O. The van der Waals surface area contributed by atoms with Gasteiger partial charge in [-0.15, -0.1) is 0 Å². The molecule has 2 N–H and O–H groups in total. The predicted octanol–water partition coefficient (Wildman–Crippen LogP) is 5.95. The van der Waals surface area contributed by atoms with Crippen molar-refractivity contribution in [2.24, 2.45) is 0 Å². The highest BCUT2D eigenvalue weighted by atomic mass is 19.4. The van der Waals surface area contributed by atoms with Gasteiger partial charge in [-0.1, -0.05) is 19.1 Å². The molecule has 5 rings (SSSR count). The molecule has 0 unspecified atom stereocenters. The molecule has 1 saturated heterocycles. The predicted molar refractivity (Wildman–Crippen MR) is 134 cm³/mol. The summed E-state index contributed by atoms with van der Waals surface area (Å²) in [7, 11) is 0. The van der Waals surface area contributed by atoms with Gasteiger partial charge in [-0.25, -0.2) is 4.98 Å². The maximum atomic E-state index is 13.2. The molecule has 1 fully saturated rings. The molecule has 0 atom stereocenters. The number of pyridine rings is 3. The molecule has 3 aromatic heterocycles. The Kier molecular flexibility index (Phi) is 6.49. The molecule has 1 aliphatic rings. The largest absolute Gasteiger partial charge is 0.417 e. The third-order valence-corrected chi connectivity index (χ3v) is 6.80. The van der Waals surface area contributed by atoms with Gasteiger partial charge in [0.15, 0.2) is 0 Å². The molecule has 186 valence electrons. The summed E-state index contributed by atoms with van der Waals surface area (Å²) in [4.78, 5) is 26.0. The highest BCUT2D eigenvalue weighted by Gasteiger charge is 2.31. The monoisotopic (exact) mass is 493 g/mol. The van der Waals surface area contributed by atoms with Crippen LogP contribution in [0, 0.1) is 0 Å². The standard InChI is InChI=1S/C27H26F3N5O/c1-2-35-11-8-18(9-12-35)17-3-5-22(6-4-17)33-25-24-19(7-10-32-26(24)36)14-23(34-25)20-13-21(16-31-15-20)27(28,29)30/h3-7,10,13-16,18H,2,8-9,11-12H2,1H3,(H,32,36)(H,33,34). The van der Waals surface area contributed by atoms with Crippen LogP contribution in [0.15, 0.2) is 65.8 Å². The maximum absolute atomic E-state index is 13.2. The fourth-order valence-corrected chi connectivity index (χ4v) is 4.75. The summed E-state index contributed by atoms with van der Waals surface area (Å²) in [5.41, 5.74) is 1.31. The normalized spacial score (nSPS) is 15.3. The molecule has 4 aromatic rings. The number of hydrogen-bond acceptors (Lipinski definition) is 5. The van der Waals surface area contributed by atoms with E-state index in [1.54, 1.807) is 12.1 Å².